The van der Waals surface area contributed by atoms with E-state index in [-0.39, 0.29) is 11.9 Å². The summed E-state index contributed by atoms with van der Waals surface area (Å²) in [6.07, 6.45) is 2.62. The van der Waals surface area contributed by atoms with Gasteiger partial charge in [-0.3, -0.25) is 4.79 Å². The molecule has 0 N–H and O–H groups in total. The fourth-order valence-corrected chi connectivity index (χ4v) is 3.26. The van der Waals surface area contributed by atoms with Crippen LogP contribution in [0.25, 0.3) is 0 Å². The summed E-state index contributed by atoms with van der Waals surface area (Å²) in [4.78, 5) is 26.9. The van der Waals surface area contributed by atoms with Crippen molar-refractivity contribution in [2.75, 3.05) is 19.4 Å². The summed E-state index contributed by atoms with van der Waals surface area (Å²) in [5, 5.41) is 0. The Kier molecular flexibility index (Phi) is 5.67. The molecule has 0 spiro atoms. The van der Waals surface area contributed by atoms with Gasteiger partial charge in [0.2, 0.25) is 5.91 Å². The second kappa shape index (κ2) is 7.50. The standard InChI is InChI=1S/C16H21NO3S/c1-12-6-8-13(9-7-12)21-11-15(18)17-10-4-3-5-14(17)16(19)20-2/h6-9,14H,3-5,10-11H2,1-2H3/t14-/m1/s1. The minimum Gasteiger partial charge on any atom is -0.467 e. The van der Waals surface area contributed by atoms with E-state index in [4.69, 9.17) is 4.74 Å². The molecule has 5 heteroatoms. The van der Waals surface area contributed by atoms with Crippen LogP contribution in [0.4, 0.5) is 0 Å². The maximum atomic E-state index is 12.4. The zero-order valence-electron chi connectivity index (χ0n) is 12.5. The molecule has 0 aromatic heterocycles. The number of hydrogen-bond donors (Lipinski definition) is 0. The van der Waals surface area contributed by atoms with E-state index in [0.717, 1.165) is 17.7 Å². The van der Waals surface area contributed by atoms with Gasteiger partial charge in [-0.25, -0.2) is 4.79 Å². The molecule has 0 unspecified atom stereocenters. The monoisotopic (exact) mass is 307 g/mol. The van der Waals surface area contributed by atoms with Gasteiger partial charge in [0.05, 0.1) is 12.9 Å². The van der Waals surface area contributed by atoms with Gasteiger partial charge in [-0.15, -0.1) is 11.8 Å². The lowest BCUT2D eigenvalue weighted by molar-refractivity contribution is -0.153. The highest BCUT2D eigenvalue weighted by molar-refractivity contribution is 8.00. The Labute approximate surface area is 129 Å². The van der Waals surface area contributed by atoms with Crippen molar-refractivity contribution < 1.29 is 14.3 Å². The molecule has 1 aromatic rings. The van der Waals surface area contributed by atoms with Crippen LogP contribution in [0.1, 0.15) is 24.8 Å². The van der Waals surface area contributed by atoms with E-state index < -0.39 is 6.04 Å². The van der Waals surface area contributed by atoms with E-state index in [9.17, 15) is 9.59 Å². The van der Waals surface area contributed by atoms with Crippen LogP contribution in [0.3, 0.4) is 0 Å². The first-order valence-corrected chi connectivity index (χ1v) is 8.17. The number of amides is 1. The zero-order chi connectivity index (χ0) is 15.2. The number of carbonyl (C=O) groups is 2. The summed E-state index contributed by atoms with van der Waals surface area (Å²) in [5.41, 5.74) is 1.20. The van der Waals surface area contributed by atoms with Crippen molar-refractivity contribution in [3.8, 4) is 0 Å². The molecule has 1 aliphatic heterocycles. The van der Waals surface area contributed by atoms with Gasteiger partial charge in [0.25, 0.3) is 0 Å². The van der Waals surface area contributed by atoms with E-state index in [2.05, 4.69) is 0 Å². The molecular formula is C16H21NO3S. The third kappa shape index (κ3) is 4.24. The Hall–Kier alpha value is -1.49. The number of ether oxygens (including phenoxy) is 1. The second-order valence-corrected chi connectivity index (χ2v) is 6.27. The van der Waals surface area contributed by atoms with Gasteiger partial charge in [-0.1, -0.05) is 17.7 Å². The molecule has 1 amide bonds. The summed E-state index contributed by atoms with van der Waals surface area (Å²) in [7, 11) is 1.38. The average molecular weight is 307 g/mol. The number of likely N-dealkylation sites (tertiary alicyclic amines) is 1. The smallest absolute Gasteiger partial charge is 0.328 e. The van der Waals surface area contributed by atoms with Crippen LogP contribution in [0.2, 0.25) is 0 Å². The number of thioether (sulfide) groups is 1. The van der Waals surface area contributed by atoms with Crippen LogP contribution in [0.15, 0.2) is 29.2 Å². The van der Waals surface area contributed by atoms with Crippen LogP contribution in [-0.4, -0.2) is 42.2 Å². The van der Waals surface area contributed by atoms with E-state index >= 15 is 0 Å². The summed E-state index contributed by atoms with van der Waals surface area (Å²) in [6.45, 7) is 2.68. The third-order valence-electron chi connectivity index (χ3n) is 3.68. The highest BCUT2D eigenvalue weighted by atomic mass is 32.2. The second-order valence-electron chi connectivity index (χ2n) is 5.22. The molecule has 1 saturated heterocycles. The SMILES string of the molecule is COC(=O)[C@H]1CCCCN1C(=O)CSc1ccc(C)cc1. The Bertz CT molecular complexity index is 501. The maximum absolute atomic E-state index is 12.4. The van der Waals surface area contributed by atoms with Crippen molar-refractivity contribution in [1.29, 1.82) is 0 Å². The number of nitrogens with zero attached hydrogens (tertiary/aromatic N) is 1. The molecule has 0 bridgehead atoms. The minimum atomic E-state index is -0.408. The van der Waals surface area contributed by atoms with Crippen molar-refractivity contribution in [2.24, 2.45) is 0 Å². The Morgan fingerprint density at radius 2 is 2.00 bits per heavy atom. The number of carbonyl (C=O) groups excluding carboxylic acids is 2. The van der Waals surface area contributed by atoms with Gasteiger partial charge in [-0.05, 0) is 38.3 Å². The molecule has 114 valence electrons. The fraction of sp³-hybridized carbons (Fsp3) is 0.500. The number of rotatable bonds is 4. The number of methoxy groups -OCH3 is 1. The quantitative estimate of drug-likeness (QED) is 0.634. The van der Waals surface area contributed by atoms with Crippen molar-refractivity contribution in [3.05, 3.63) is 29.8 Å². The fourth-order valence-electron chi connectivity index (χ4n) is 2.47. The zero-order valence-corrected chi connectivity index (χ0v) is 13.3. The molecular weight excluding hydrogens is 286 g/mol. The molecule has 0 radical (unpaired) electrons. The predicted molar refractivity (Wildman–Crippen MR) is 83.3 cm³/mol. The lowest BCUT2D eigenvalue weighted by Gasteiger charge is -2.33. The lowest BCUT2D eigenvalue weighted by atomic mass is 10.0. The topological polar surface area (TPSA) is 46.6 Å². The van der Waals surface area contributed by atoms with Crippen molar-refractivity contribution in [2.45, 2.75) is 37.1 Å². The Balaban J connectivity index is 1.94. The molecule has 1 heterocycles. The van der Waals surface area contributed by atoms with Crippen LogP contribution in [0.5, 0.6) is 0 Å². The first-order valence-electron chi connectivity index (χ1n) is 7.18. The van der Waals surface area contributed by atoms with Crippen LogP contribution < -0.4 is 0 Å². The number of esters is 1. The highest BCUT2D eigenvalue weighted by Crippen LogP contribution is 2.22. The number of hydrogen-bond acceptors (Lipinski definition) is 4. The van der Waals surface area contributed by atoms with Gasteiger partial charge in [-0.2, -0.15) is 0 Å². The van der Waals surface area contributed by atoms with E-state index in [1.54, 1.807) is 4.90 Å². The van der Waals surface area contributed by atoms with Crippen molar-refractivity contribution >= 4 is 23.6 Å². The van der Waals surface area contributed by atoms with Crippen LogP contribution in [-0.2, 0) is 14.3 Å². The number of piperidine rings is 1. The summed E-state index contributed by atoms with van der Waals surface area (Å²) < 4.78 is 4.81. The molecule has 0 aliphatic carbocycles. The molecule has 1 aliphatic rings. The molecule has 0 saturated carbocycles. The van der Waals surface area contributed by atoms with E-state index in [1.807, 2.05) is 31.2 Å². The lowest BCUT2D eigenvalue weighted by Crippen LogP contribution is -2.49. The molecule has 1 fully saturated rings. The third-order valence-corrected chi connectivity index (χ3v) is 4.68. The first kappa shape index (κ1) is 15.9. The average Bonchev–Trinajstić information content (AvgIpc) is 2.53. The molecule has 1 atom stereocenters. The summed E-state index contributed by atoms with van der Waals surface area (Å²) in [6, 6.07) is 7.69. The first-order chi connectivity index (χ1) is 10.1. The number of aryl methyl sites for hydroxylation is 1. The largest absolute Gasteiger partial charge is 0.467 e. The van der Waals surface area contributed by atoms with Gasteiger partial charge >= 0.3 is 5.97 Å². The molecule has 4 nitrogen and oxygen atoms in total. The van der Waals surface area contributed by atoms with Gasteiger partial charge in [0.1, 0.15) is 6.04 Å². The normalized spacial score (nSPS) is 18.4. The summed E-state index contributed by atoms with van der Waals surface area (Å²) >= 11 is 1.51. The molecule has 1 aromatic carbocycles. The van der Waals surface area contributed by atoms with Crippen LogP contribution in [0, 0.1) is 6.92 Å². The maximum Gasteiger partial charge on any atom is 0.328 e. The van der Waals surface area contributed by atoms with Crippen LogP contribution >= 0.6 is 11.8 Å². The Morgan fingerprint density at radius 1 is 1.29 bits per heavy atom. The Morgan fingerprint density at radius 3 is 2.67 bits per heavy atom. The minimum absolute atomic E-state index is 0.00988. The number of benzene rings is 1. The molecule has 21 heavy (non-hydrogen) atoms. The van der Waals surface area contributed by atoms with E-state index in [1.165, 1.54) is 24.4 Å². The predicted octanol–water partition coefficient (Wildman–Crippen LogP) is 2.64. The van der Waals surface area contributed by atoms with Gasteiger partial charge < -0.3 is 9.64 Å². The van der Waals surface area contributed by atoms with Crippen molar-refractivity contribution in [3.63, 3.8) is 0 Å². The molecule has 2 rings (SSSR count). The van der Waals surface area contributed by atoms with Gasteiger partial charge in [0.15, 0.2) is 0 Å². The van der Waals surface area contributed by atoms with E-state index in [0.29, 0.717) is 18.7 Å². The summed E-state index contributed by atoms with van der Waals surface area (Å²) in [5.74, 6) is 0.0652. The highest BCUT2D eigenvalue weighted by Gasteiger charge is 2.32. The van der Waals surface area contributed by atoms with Gasteiger partial charge in [0, 0.05) is 11.4 Å². The van der Waals surface area contributed by atoms with Crippen molar-refractivity contribution in [1.82, 2.24) is 4.90 Å².